The van der Waals surface area contributed by atoms with Gasteiger partial charge in [-0.05, 0) is 51.4 Å². The van der Waals surface area contributed by atoms with Gasteiger partial charge in [0.15, 0.2) is 6.10 Å². The van der Waals surface area contributed by atoms with Crippen molar-refractivity contribution in [3.8, 4) is 0 Å². The number of aliphatic hydroxyl groups excluding tert-OH is 1. The molecule has 0 spiro atoms. The van der Waals surface area contributed by atoms with Crippen LogP contribution in [-0.2, 0) is 23.8 Å². The van der Waals surface area contributed by atoms with E-state index in [9.17, 15) is 14.7 Å². The molecule has 0 saturated carbocycles. The Bertz CT molecular complexity index is 819. The molecule has 1 heterocycles. The summed E-state index contributed by atoms with van der Waals surface area (Å²) in [6.45, 7) is 4.05. The molecular weight excluding hydrogens is 588 g/mol. The van der Waals surface area contributed by atoms with Crippen LogP contribution in [0.1, 0.15) is 181 Å². The quantitative estimate of drug-likeness (QED) is 0.0320. The summed E-state index contributed by atoms with van der Waals surface area (Å²) in [6.07, 6.45) is 42.2. The molecule has 6 nitrogen and oxygen atoms in total. The fraction of sp³-hybridized carbons (Fsp3) is 0.805. The molecule has 0 aromatic heterocycles. The number of esters is 2. The van der Waals surface area contributed by atoms with Crippen LogP contribution in [-0.4, -0.2) is 48.6 Å². The molecule has 0 bridgehead atoms. The smallest absolute Gasteiger partial charge is 0.306 e. The maximum atomic E-state index is 12.2. The zero-order valence-electron chi connectivity index (χ0n) is 30.5. The van der Waals surface area contributed by atoms with Gasteiger partial charge in [-0.15, -0.1) is 0 Å². The molecular formula is C41H72O6. The Kier molecular flexibility index (Phi) is 29.9. The van der Waals surface area contributed by atoms with Gasteiger partial charge in [-0.3, -0.25) is 9.59 Å². The largest absolute Gasteiger partial charge is 0.462 e. The molecule has 0 radical (unpaired) electrons. The molecule has 2 unspecified atom stereocenters. The van der Waals surface area contributed by atoms with Gasteiger partial charge >= 0.3 is 11.9 Å². The zero-order chi connectivity index (χ0) is 34.0. The van der Waals surface area contributed by atoms with Crippen LogP contribution in [0.15, 0.2) is 36.5 Å². The number of carbonyl (C=O) groups excluding carboxylic acids is 2. The van der Waals surface area contributed by atoms with Crippen LogP contribution in [0.3, 0.4) is 0 Å². The first-order valence-electron chi connectivity index (χ1n) is 19.7. The highest BCUT2D eigenvalue weighted by Crippen LogP contribution is 2.30. The topological polar surface area (TPSA) is 85.4 Å². The molecule has 1 aliphatic heterocycles. The van der Waals surface area contributed by atoms with Crippen LogP contribution in [0, 0.1) is 0 Å². The Labute approximate surface area is 289 Å². The highest BCUT2D eigenvalue weighted by molar-refractivity contribution is 5.70. The van der Waals surface area contributed by atoms with Crippen LogP contribution in [0.2, 0.25) is 0 Å². The van der Waals surface area contributed by atoms with E-state index < -0.39 is 6.10 Å². The Hall–Kier alpha value is -1.92. The number of allylic oxidation sites excluding steroid dienone is 5. The first kappa shape index (κ1) is 43.1. The molecule has 47 heavy (non-hydrogen) atoms. The average molecular weight is 661 g/mol. The van der Waals surface area contributed by atoms with Crippen molar-refractivity contribution in [3.05, 3.63) is 36.5 Å². The van der Waals surface area contributed by atoms with E-state index in [0.29, 0.717) is 12.8 Å². The van der Waals surface area contributed by atoms with Crippen LogP contribution in [0.5, 0.6) is 0 Å². The Morgan fingerprint density at radius 3 is 1.72 bits per heavy atom. The Morgan fingerprint density at radius 1 is 0.617 bits per heavy atom. The number of hydrogen-bond donors (Lipinski definition) is 1. The molecule has 1 N–H and O–H groups in total. The third-order valence-electron chi connectivity index (χ3n) is 8.86. The molecule has 0 amide bonds. The van der Waals surface area contributed by atoms with E-state index in [1.54, 1.807) is 0 Å². The molecule has 3 atom stereocenters. The van der Waals surface area contributed by atoms with Crippen molar-refractivity contribution in [1.82, 2.24) is 0 Å². The van der Waals surface area contributed by atoms with Gasteiger partial charge in [0.25, 0.3) is 0 Å². The maximum absolute atomic E-state index is 12.2. The summed E-state index contributed by atoms with van der Waals surface area (Å²) in [5.41, 5.74) is 0. The maximum Gasteiger partial charge on any atom is 0.306 e. The zero-order valence-corrected chi connectivity index (χ0v) is 30.5. The lowest BCUT2D eigenvalue weighted by Crippen LogP contribution is -2.28. The van der Waals surface area contributed by atoms with Crippen molar-refractivity contribution in [3.63, 3.8) is 0 Å². The molecule has 6 heteroatoms. The lowest BCUT2D eigenvalue weighted by atomic mass is 10.0. The minimum Gasteiger partial charge on any atom is -0.462 e. The molecule has 1 saturated heterocycles. The van der Waals surface area contributed by atoms with Crippen LogP contribution >= 0.6 is 0 Å². The van der Waals surface area contributed by atoms with Gasteiger partial charge in [0, 0.05) is 12.8 Å². The third kappa shape index (κ3) is 28.8. The SMILES string of the molecule is CCCCC/C=C\C/C=C\C/C=C\CC1OC1CCCC(=O)O[C@@H](CO)COC(=O)CCCCCCCCCCCCCCCCC. The predicted octanol–water partition coefficient (Wildman–Crippen LogP) is 11.1. The molecule has 0 aromatic rings. The molecule has 1 rings (SSSR count). The Morgan fingerprint density at radius 2 is 1.13 bits per heavy atom. The van der Waals surface area contributed by atoms with Gasteiger partial charge in [-0.25, -0.2) is 0 Å². The molecule has 1 fully saturated rings. The normalized spacial score (nSPS) is 16.8. The van der Waals surface area contributed by atoms with Gasteiger partial charge in [-0.1, -0.05) is 153 Å². The number of hydrogen-bond acceptors (Lipinski definition) is 6. The number of epoxide rings is 1. The number of aliphatic hydroxyl groups is 1. The van der Waals surface area contributed by atoms with Crippen LogP contribution in [0.4, 0.5) is 0 Å². The second-order valence-electron chi connectivity index (χ2n) is 13.4. The minimum atomic E-state index is -0.807. The van der Waals surface area contributed by atoms with Crippen molar-refractivity contribution in [1.29, 1.82) is 0 Å². The van der Waals surface area contributed by atoms with Gasteiger partial charge in [0.2, 0.25) is 0 Å². The number of carbonyl (C=O) groups is 2. The van der Waals surface area contributed by atoms with Crippen LogP contribution < -0.4 is 0 Å². The predicted molar refractivity (Wildman–Crippen MR) is 195 cm³/mol. The average Bonchev–Trinajstić information content (AvgIpc) is 3.82. The fourth-order valence-electron chi connectivity index (χ4n) is 5.76. The molecule has 272 valence electrons. The summed E-state index contributed by atoms with van der Waals surface area (Å²) in [4.78, 5) is 24.3. The standard InChI is InChI=1S/C41H72O6/c1-3-5-7-9-11-13-15-17-18-19-21-23-25-27-29-33-40(43)45-36-37(35-42)46-41(44)34-30-32-39-38(47-39)31-28-26-24-22-20-16-14-12-10-8-6-4-2/h12,14,20,22,26,28,37-39,42H,3-11,13,15-19,21,23-25,27,29-36H2,1-2H3/b14-12-,22-20-,28-26-/t37-,38?,39?/m0/s1. The summed E-state index contributed by atoms with van der Waals surface area (Å²) in [6, 6.07) is 0. The first-order chi connectivity index (χ1) is 23.1. The third-order valence-corrected chi connectivity index (χ3v) is 8.86. The summed E-state index contributed by atoms with van der Waals surface area (Å²) in [7, 11) is 0. The van der Waals surface area contributed by atoms with Crippen LogP contribution in [0.25, 0.3) is 0 Å². The van der Waals surface area contributed by atoms with Crippen molar-refractivity contribution >= 4 is 11.9 Å². The molecule has 1 aliphatic rings. The highest BCUT2D eigenvalue weighted by atomic mass is 16.6. The van der Waals surface area contributed by atoms with E-state index in [2.05, 4.69) is 50.3 Å². The summed E-state index contributed by atoms with van der Waals surface area (Å²) >= 11 is 0. The van der Waals surface area contributed by atoms with Crippen molar-refractivity contribution in [2.45, 2.75) is 199 Å². The number of unbranched alkanes of at least 4 members (excludes halogenated alkanes) is 17. The highest BCUT2D eigenvalue weighted by Gasteiger charge is 2.36. The van der Waals surface area contributed by atoms with Crippen molar-refractivity contribution in [2.75, 3.05) is 13.2 Å². The Balaban J connectivity index is 1.94. The number of ether oxygens (including phenoxy) is 3. The van der Waals surface area contributed by atoms with Crippen molar-refractivity contribution in [2.24, 2.45) is 0 Å². The van der Waals surface area contributed by atoms with E-state index in [0.717, 1.165) is 44.9 Å². The second-order valence-corrected chi connectivity index (χ2v) is 13.4. The number of rotatable bonds is 34. The second kappa shape index (κ2) is 32.6. The summed E-state index contributed by atoms with van der Waals surface area (Å²) in [5.74, 6) is -0.663. The van der Waals surface area contributed by atoms with Gasteiger partial charge < -0.3 is 19.3 Å². The lowest BCUT2D eigenvalue weighted by molar-refractivity contribution is -0.161. The molecule has 0 aliphatic carbocycles. The van der Waals surface area contributed by atoms with Gasteiger partial charge in [0.1, 0.15) is 6.61 Å². The minimum absolute atomic E-state index is 0.0924. The van der Waals surface area contributed by atoms with E-state index in [4.69, 9.17) is 14.2 Å². The summed E-state index contributed by atoms with van der Waals surface area (Å²) < 4.78 is 16.3. The first-order valence-corrected chi connectivity index (χ1v) is 19.7. The van der Waals surface area contributed by atoms with E-state index in [1.165, 1.54) is 103 Å². The monoisotopic (exact) mass is 661 g/mol. The van der Waals surface area contributed by atoms with E-state index in [1.807, 2.05) is 0 Å². The van der Waals surface area contributed by atoms with Crippen molar-refractivity contribution < 1.29 is 28.9 Å². The summed E-state index contributed by atoms with van der Waals surface area (Å²) in [5, 5.41) is 9.57. The van der Waals surface area contributed by atoms with E-state index in [-0.39, 0.29) is 43.8 Å². The van der Waals surface area contributed by atoms with E-state index >= 15 is 0 Å². The molecule has 0 aromatic carbocycles. The van der Waals surface area contributed by atoms with Gasteiger partial charge in [0.05, 0.1) is 18.8 Å². The fourth-order valence-corrected chi connectivity index (χ4v) is 5.76. The lowest BCUT2D eigenvalue weighted by Gasteiger charge is -2.15. The van der Waals surface area contributed by atoms with Gasteiger partial charge in [-0.2, -0.15) is 0 Å².